The molecular formula is C21H17Cl2FN2O2. The molecule has 0 bridgehead atoms. The summed E-state index contributed by atoms with van der Waals surface area (Å²) in [7, 11) is 0. The summed E-state index contributed by atoms with van der Waals surface area (Å²) >= 11 is 12.2. The number of benzene rings is 2. The van der Waals surface area contributed by atoms with Crippen LogP contribution in [0.2, 0.25) is 10.0 Å². The number of carboxylic acids is 1. The van der Waals surface area contributed by atoms with Gasteiger partial charge in [0.2, 0.25) is 0 Å². The fraction of sp³-hybridized carbons (Fsp3) is 0.286. The normalized spacial score (nSPS) is 27.0. The number of hydrogen-bond donors (Lipinski definition) is 1. The zero-order valence-corrected chi connectivity index (χ0v) is 16.7. The van der Waals surface area contributed by atoms with Crippen LogP contribution in [0.3, 0.4) is 0 Å². The molecule has 2 aromatic rings. The summed E-state index contributed by atoms with van der Waals surface area (Å²) < 4.78 is 13.6. The van der Waals surface area contributed by atoms with Crippen molar-refractivity contribution in [1.29, 1.82) is 5.26 Å². The molecule has 2 aromatic carbocycles. The fourth-order valence-electron chi connectivity index (χ4n) is 3.77. The Hall–Kier alpha value is -2.42. The van der Waals surface area contributed by atoms with E-state index in [9.17, 15) is 19.6 Å². The van der Waals surface area contributed by atoms with E-state index in [1.165, 1.54) is 12.1 Å². The highest BCUT2D eigenvalue weighted by molar-refractivity contribution is 6.31. The predicted octanol–water partition coefficient (Wildman–Crippen LogP) is 5.34. The second-order valence-electron chi connectivity index (χ2n) is 7.04. The topological polar surface area (TPSA) is 73.5 Å². The first-order chi connectivity index (χ1) is 13.2. The molecule has 4 atom stereocenters. The molecule has 0 fully saturated rings. The van der Waals surface area contributed by atoms with Crippen molar-refractivity contribution in [3.63, 3.8) is 0 Å². The molecule has 4 unspecified atom stereocenters. The van der Waals surface area contributed by atoms with E-state index in [0.717, 1.165) is 6.07 Å². The van der Waals surface area contributed by atoms with Gasteiger partial charge in [0.05, 0.1) is 29.2 Å². The Kier molecular flexibility index (Phi) is 5.47. The van der Waals surface area contributed by atoms with Crippen LogP contribution in [-0.2, 0) is 4.79 Å². The summed E-state index contributed by atoms with van der Waals surface area (Å²) in [5.74, 6) is -3.33. The Morgan fingerprint density at radius 2 is 1.89 bits per heavy atom. The Labute approximate surface area is 172 Å². The highest BCUT2D eigenvalue weighted by Gasteiger charge is 2.55. The van der Waals surface area contributed by atoms with E-state index in [-0.39, 0.29) is 5.02 Å². The molecule has 0 saturated heterocycles. The van der Waals surface area contributed by atoms with Crippen molar-refractivity contribution in [1.82, 2.24) is 0 Å². The Morgan fingerprint density at radius 1 is 1.25 bits per heavy atom. The lowest BCUT2D eigenvalue weighted by molar-refractivity contribution is -0.151. The van der Waals surface area contributed by atoms with Gasteiger partial charge in [-0.05, 0) is 49.2 Å². The second-order valence-corrected chi connectivity index (χ2v) is 7.88. The SMILES string of the molecule is CC1N=C(c2ccc(Cl)cc2)C(C#N)C(c2ccc(F)cc2Cl)C1(C)C(=O)O. The lowest BCUT2D eigenvalue weighted by atomic mass is 9.60. The quantitative estimate of drug-likeness (QED) is 0.730. The molecular weight excluding hydrogens is 402 g/mol. The summed E-state index contributed by atoms with van der Waals surface area (Å²) in [6.07, 6.45) is 0. The number of aliphatic imine (C=N–C) groups is 1. The van der Waals surface area contributed by atoms with Gasteiger partial charge in [0.15, 0.2) is 0 Å². The van der Waals surface area contributed by atoms with Crippen LogP contribution in [0.25, 0.3) is 0 Å². The lowest BCUT2D eigenvalue weighted by Gasteiger charge is -2.44. The van der Waals surface area contributed by atoms with Crippen LogP contribution >= 0.6 is 23.2 Å². The molecule has 7 heteroatoms. The highest BCUT2D eigenvalue weighted by Crippen LogP contribution is 2.51. The van der Waals surface area contributed by atoms with Crippen LogP contribution in [0.4, 0.5) is 4.39 Å². The van der Waals surface area contributed by atoms with E-state index in [0.29, 0.717) is 21.9 Å². The van der Waals surface area contributed by atoms with Gasteiger partial charge in [0.1, 0.15) is 5.82 Å². The molecule has 1 aliphatic rings. The lowest BCUT2D eigenvalue weighted by Crippen LogP contribution is -2.50. The van der Waals surface area contributed by atoms with Gasteiger partial charge in [-0.15, -0.1) is 0 Å². The zero-order valence-electron chi connectivity index (χ0n) is 15.2. The average Bonchev–Trinajstić information content (AvgIpc) is 2.64. The standard InChI is InChI=1S/C21H17Cl2FN2O2/c1-11-21(2,20(27)28)18(15-8-7-14(24)9-17(15)23)16(10-25)19(26-11)12-3-5-13(22)6-4-12/h3-9,11,16,18H,1-2H3,(H,27,28). The summed E-state index contributed by atoms with van der Waals surface area (Å²) in [4.78, 5) is 16.9. The maximum Gasteiger partial charge on any atom is 0.312 e. The monoisotopic (exact) mass is 418 g/mol. The Morgan fingerprint density at radius 3 is 2.43 bits per heavy atom. The van der Waals surface area contributed by atoms with Gasteiger partial charge < -0.3 is 5.11 Å². The number of carboxylic acid groups (broad SMARTS) is 1. The maximum absolute atomic E-state index is 13.6. The molecule has 0 spiro atoms. The third-order valence-electron chi connectivity index (χ3n) is 5.51. The van der Waals surface area contributed by atoms with Crippen molar-refractivity contribution < 1.29 is 14.3 Å². The molecule has 0 saturated carbocycles. The number of aliphatic carboxylic acids is 1. The largest absolute Gasteiger partial charge is 0.481 e. The number of rotatable bonds is 3. The van der Waals surface area contributed by atoms with Gasteiger partial charge in [0.25, 0.3) is 0 Å². The third-order valence-corrected chi connectivity index (χ3v) is 6.09. The average molecular weight is 419 g/mol. The number of halogens is 3. The van der Waals surface area contributed by atoms with E-state index in [1.54, 1.807) is 38.1 Å². The maximum atomic E-state index is 13.6. The molecule has 1 N–H and O–H groups in total. The Bertz CT molecular complexity index is 1000. The van der Waals surface area contributed by atoms with Crippen molar-refractivity contribution in [3.8, 4) is 6.07 Å². The van der Waals surface area contributed by atoms with Gasteiger partial charge in [-0.3, -0.25) is 9.79 Å². The molecule has 3 rings (SSSR count). The van der Waals surface area contributed by atoms with Gasteiger partial charge in [-0.25, -0.2) is 4.39 Å². The van der Waals surface area contributed by atoms with E-state index in [2.05, 4.69) is 11.1 Å². The van der Waals surface area contributed by atoms with Crippen LogP contribution in [0.1, 0.15) is 30.9 Å². The van der Waals surface area contributed by atoms with E-state index in [1.807, 2.05) is 0 Å². The first kappa shape index (κ1) is 20.3. The minimum atomic E-state index is -1.40. The molecule has 0 aliphatic carbocycles. The molecule has 1 aliphatic heterocycles. The van der Waals surface area contributed by atoms with Gasteiger partial charge in [0, 0.05) is 16.0 Å². The van der Waals surface area contributed by atoms with E-state index in [4.69, 9.17) is 23.2 Å². The highest BCUT2D eigenvalue weighted by atomic mass is 35.5. The van der Waals surface area contributed by atoms with Crippen molar-refractivity contribution in [2.75, 3.05) is 0 Å². The first-order valence-corrected chi connectivity index (χ1v) is 9.37. The first-order valence-electron chi connectivity index (χ1n) is 8.61. The van der Waals surface area contributed by atoms with E-state index >= 15 is 0 Å². The van der Waals surface area contributed by atoms with Crippen LogP contribution in [0.5, 0.6) is 0 Å². The second kappa shape index (κ2) is 7.54. The molecule has 1 heterocycles. The Balaban J connectivity index is 2.26. The van der Waals surface area contributed by atoms with Crippen molar-refractivity contribution >= 4 is 34.9 Å². The zero-order chi connectivity index (χ0) is 20.6. The number of hydrogen-bond acceptors (Lipinski definition) is 3. The molecule has 0 amide bonds. The van der Waals surface area contributed by atoms with Crippen LogP contribution in [0, 0.1) is 28.5 Å². The van der Waals surface area contributed by atoms with Crippen LogP contribution in [0.15, 0.2) is 47.5 Å². The number of nitriles is 1. The summed E-state index contributed by atoms with van der Waals surface area (Å²) in [6, 6.07) is 12.2. The van der Waals surface area contributed by atoms with E-state index < -0.39 is 35.1 Å². The molecule has 144 valence electrons. The van der Waals surface area contributed by atoms with Gasteiger partial charge in [-0.2, -0.15) is 5.26 Å². The minimum Gasteiger partial charge on any atom is -0.481 e. The van der Waals surface area contributed by atoms with Crippen molar-refractivity contribution in [3.05, 3.63) is 69.5 Å². The molecule has 0 radical (unpaired) electrons. The summed E-state index contributed by atoms with van der Waals surface area (Å²) in [6.45, 7) is 3.25. The molecule has 0 aromatic heterocycles. The third kappa shape index (κ3) is 3.28. The summed E-state index contributed by atoms with van der Waals surface area (Å²) in [5.41, 5.74) is 0.152. The number of carbonyl (C=O) groups is 1. The van der Waals surface area contributed by atoms with Gasteiger partial charge in [-0.1, -0.05) is 41.4 Å². The van der Waals surface area contributed by atoms with Crippen molar-refractivity contribution in [2.24, 2.45) is 16.3 Å². The van der Waals surface area contributed by atoms with Crippen molar-refractivity contribution in [2.45, 2.75) is 25.8 Å². The fourth-order valence-corrected chi connectivity index (χ4v) is 4.18. The minimum absolute atomic E-state index is 0.0854. The van der Waals surface area contributed by atoms with Gasteiger partial charge >= 0.3 is 5.97 Å². The smallest absolute Gasteiger partial charge is 0.312 e. The molecule has 4 nitrogen and oxygen atoms in total. The number of nitrogens with zero attached hydrogens (tertiary/aromatic N) is 2. The van der Waals surface area contributed by atoms with Crippen LogP contribution in [-0.4, -0.2) is 22.8 Å². The predicted molar refractivity (Wildman–Crippen MR) is 106 cm³/mol. The van der Waals surface area contributed by atoms with Crippen LogP contribution < -0.4 is 0 Å². The summed E-state index contributed by atoms with van der Waals surface area (Å²) in [5, 5.41) is 20.6. The molecule has 28 heavy (non-hydrogen) atoms.